The van der Waals surface area contributed by atoms with Crippen LogP contribution in [-0.2, 0) is 0 Å². The number of benzene rings is 1. The van der Waals surface area contributed by atoms with Gasteiger partial charge in [0.1, 0.15) is 0 Å². The summed E-state index contributed by atoms with van der Waals surface area (Å²) in [6.07, 6.45) is 0. The standard InChI is InChI=1S/C13H12ClNO2/c1-8-3-4-9(2)15(8)12-7-10(13(16)17)5-6-11(12)14/h3-7H,1-2H3,(H,16,17). The lowest BCUT2D eigenvalue weighted by Crippen LogP contribution is -2.03. The second-order valence-electron chi connectivity index (χ2n) is 3.92. The summed E-state index contributed by atoms with van der Waals surface area (Å²) < 4.78 is 1.94. The Hall–Kier alpha value is -1.74. The van der Waals surface area contributed by atoms with Crippen molar-refractivity contribution in [2.24, 2.45) is 0 Å². The average Bonchev–Trinajstić information content (AvgIpc) is 2.59. The summed E-state index contributed by atoms with van der Waals surface area (Å²) in [6.45, 7) is 3.91. The molecule has 3 nitrogen and oxygen atoms in total. The van der Waals surface area contributed by atoms with Crippen molar-refractivity contribution < 1.29 is 9.90 Å². The Balaban J connectivity index is 2.66. The van der Waals surface area contributed by atoms with Crippen molar-refractivity contribution in [1.82, 2.24) is 4.57 Å². The third-order valence-electron chi connectivity index (χ3n) is 2.71. The van der Waals surface area contributed by atoms with E-state index in [0.717, 1.165) is 11.4 Å². The van der Waals surface area contributed by atoms with E-state index in [1.54, 1.807) is 12.1 Å². The smallest absolute Gasteiger partial charge is 0.335 e. The minimum atomic E-state index is -0.953. The molecule has 0 radical (unpaired) electrons. The van der Waals surface area contributed by atoms with Crippen LogP contribution in [0.1, 0.15) is 21.7 Å². The number of nitrogens with zero attached hydrogens (tertiary/aromatic N) is 1. The molecule has 0 saturated carbocycles. The second kappa shape index (κ2) is 4.26. The van der Waals surface area contributed by atoms with Gasteiger partial charge >= 0.3 is 5.97 Å². The number of aryl methyl sites for hydroxylation is 2. The number of halogens is 1. The fourth-order valence-corrected chi connectivity index (χ4v) is 2.07. The summed E-state index contributed by atoms with van der Waals surface area (Å²) >= 11 is 6.12. The molecule has 1 N–H and O–H groups in total. The maximum atomic E-state index is 11.0. The van der Waals surface area contributed by atoms with Crippen molar-refractivity contribution in [1.29, 1.82) is 0 Å². The highest BCUT2D eigenvalue weighted by Crippen LogP contribution is 2.25. The van der Waals surface area contributed by atoms with Gasteiger partial charge in [-0.15, -0.1) is 0 Å². The number of rotatable bonds is 2. The second-order valence-corrected chi connectivity index (χ2v) is 4.33. The Morgan fingerprint density at radius 3 is 2.29 bits per heavy atom. The lowest BCUT2D eigenvalue weighted by Gasteiger charge is -2.12. The average molecular weight is 250 g/mol. The Labute approximate surface area is 104 Å². The fraction of sp³-hybridized carbons (Fsp3) is 0.154. The minimum absolute atomic E-state index is 0.233. The molecule has 2 rings (SSSR count). The molecule has 0 saturated heterocycles. The molecule has 0 aliphatic heterocycles. The van der Waals surface area contributed by atoms with E-state index in [9.17, 15) is 4.79 Å². The highest BCUT2D eigenvalue weighted by Gasteiger charge is 2.11. The van der Waals surface area contributed by atoms with Crippen molar-refractivity contribution in [3.8, 4) is 5.69 Å². The van der Waals surface area contributed by atoms with Gasteiger partial charge in [0, 0.05) is 11.4 Å². The van der Waals surface area contributed by atoms with Crippen molar-refractivity contribution in [3.63, 3.8) is 0 Å². The van der Waals surface area contributed by atoms with Crippen molar-refractivity contribution in [3.05, 3.63) is 52.3 Å². The first-order valence-electron chi connectivity index (χ1n) is 5.19. The summed E-state index contributed by atoms with van der Waals surface area (Å²) in [5.41, 5.74) is 2.97. The molecular formula is C13H12ClNO2. The molecule has 0 atom stereocenters. The quantitative estimate of drug-likeness (QED) is 0.886. The largest absolute Gasteiger partial charge is 0.478 e. The van der Waals surface area contributed by atoms with Crippen LogP contribution >= 0.6 is 11.6 Å². The summed E-state index contributed by atoms with van der Waals surface area (Å²) in [4.78, 5) is 11.0. The van der Waals surface area contributed by atoms with Crippen LogP contribution in [0.15, 0.2) is 30.3 Å². The molecule has 17 heavy (non-hydrogen) atoms. The van der Waals surface area contributed by atoms with Gasteiger partial charge in [-0.3, -0.25) is 0 Å². The third-order valence-corrected chi connectivity index (χ3v) is 3.02. The summed E-state index contributed by atoms with van der Waals surface area (Å²) in [7, 11) is 0. The molecule has 0 unspecified atom stereocenters. The molecule has 0 spiro atoms. The monoisotopic (exact) mass is 249 g/mol. The third kappa shape index (κ3) is 2.06. The summed E-state index contributed by atoms with van der Waals surface area (Å²) in [5.74, 6) is -0.953. The summed E-state index contributed by atoms with van der Waals surface area (Å²) in [6, 6.07) is 8.64. The van der Waals surface area contributed by atoms with E-state index in [2.05, 4.69) is 0 Å². The number of hydrogen-bond acceptors (Lipinski definition) is 1. The van der Waals surface area contributed by atoms with Gasteiger partial charge in [-0.25, -0.2) is 4.79 Å². The van der Waals surface area contributed by atoms with E-state index in [1.165, 1.54) is 6.07 Å². The lowest BCUT2D eigenvalue weighted by molar-refractivity contribution is 0.0697. The maximum absolute atomic E-state index is 11.0. The van der Waals surface area contributed by atoms with Crippen LogP contribution in [0.2, 0.25) is 5.02 Å². The number of aromatic nitrogens is 1. The molecule has 0 aliphatic carbocycles. The van der Waals surface area contributed by atoms with Crippen LogP contribution in [-0.4, -0.2) is 15.6 Å². The Kier molecular flexibility index (Phi) is 2.94. The molecule has 1 aromatic carbocycles. The maximum Gasteiger partial charge on any atom is 0.335 e. The number of carbonyl (C=O) groups is 1. The lowest BCUT2D eigenvalue weighted by atomic mass is 10.2. The van der Waals surface area contributed by atoms with Crippen molar-refractivity contribution in [2.75, 3.05) is 0 Å². The first kappa shape index (κ1) is 11.7. The van der Waals surface area contributed by atoms with Gasteiger partial charge in [0.05, 0.1) is 16.3 Å². The highest BCUT2D eigenvalue weighted by molar-refractivity contribution is 6.32. The Bertz CT molecular complexity index is 568. The molecule has 0 fully saturated rings. The van der Waals surface area contributed by atoms with Crippen LogP contribution in [0, 0.1) is 13.8 Å². The van der Waals surface area contributed by atoms with Gasteiger partial charge in [0.25, 0.3) is 0 Å². The number of carboxylic acid groups (broad SMARTS) is 1. The van der Waals surface area contributed by atoms with Crippen LogP contribution in [0.25, 0.3) is 5.69 Å². The highest BCUT2D eigenvalue weighted by atomic mass is 35.5. The molecule has 1 heterocycles. The fourth-order valence-electron chi connectivity index (χ4n) is 1.87. The van der Waals surface area contributed by atoms with Crippen molar-refractivity contribution in [2.45, 2.75) is 13.8 Å². The van der Waals surface area contributed by atoms with Gasteiger partial charge in [-0.2, -0.15) is 0 Å². The van der Waals surface area contributed by atoms with Crippen LogP contribution < -0.4 is 0 Å². The Morgan fingerprint density at radius 2 is 1.76 bits per heavy atom. The molecule has 0 bridgehead atoms. The van der Waals surface area contributed by atoms with E-state index in [4.69, 9.17) is 16.7 Å². The zero-order valence-corrected chi connectivity index (χ0v) is 10.3. The van der Waals surface area contributed by atoms with Crippen LogP contribution in [0.4, 0.5) is 0 Å². The predicted molar refractivity (Wildman–Crippen MR) is 67.2 cm³/mol. The van der Waals surface area contributed by atoms with E-state index in [-0.39, 0.29) is 5.56 Å². The molecular weight excluding hydrogens is 238 g/mol. The van der Waals surface area contributed by atoms with Gasteiger partial charge in [-0.05, 0) is 44.2 Å². The van der Waals surface area contributed by atoms with Crippen LogP contribution in [0.3, 0.4) is 0 Å². The van der Waals surface area contributed by atoms with Gasteiger partial charge in [0.2, 0.25) is 0 Å². The van der Waals surface area contributed by atoms with Gasteiger partial charge in [0.15, 0.2) is 0 Å². The Morgan fingerprint density at radius 1 is 1.18 bits per heavy atom. The first-order valence-corrected chi connectivity index (χ1v) is 5.56. The number of hydrogen-bond donors (Lipinski definition) is 1. The first-order chi connectivity index (χ1) is 8.00. The van der Waals surface area contributed by atoms with E-state index >= 15 is 0 Å². The SMILES string of the molecule is Cc1ccc(C)n1-c1cc(C(=O)O)ccc1Cl. The minimum Gasteiger partial charge on any atom is -0.478 e. The predicted octanol–water partition coefficient (Wildman–Crippen LogP) is 3.45. The zero-order valence-electron chi connectivity index (χ0n) is 9.57. The van der Waals surface area contributed by atoms with Gasteiger partial charge < -0.3 is 9.67 Å². The van der Waals surface area contributed by atoms with E-state index in [0.29, 0.717) is 10.7 Å². The molecule has 1 aromatic heterocycles. The normalized spacial score (nSPS) is 10.5. The number of aromatic carboxylic acids is 1. The zero-order chi connectivity index (χ0) is 12.6. The van der Waals surface area contributed by atoms with E-state index in [1.807, 2.05) is 30.5 Å². The molecule has 88 valence electrons. The number of carboxylic acids is 1. The van der Waals surface area contributed by atoms with Crippen LogP contribution in [0.5, 0.6) is 0 Å². The topological polar surface area (TPSA) is 42.2 Å². The molecule has 2 aromatic rings. The molecule has 0 amide bonds. The van der Waals surface area contributed by atoms with Gasteiger partial charge in [-0.1, -0.05) is 11.6 Å². The van der Waals surface area contributed by atoms with Crippen molar-refractivity contribution >= 4 is 17.6 Å². The molecule has 0 aliphatic rings. The molecule has 4 heteroatoms. The summed E-state index contributed by atoms with van der Waals surface area (Å²) in [5, 5.41) is 9.52. The van der Waals surface area contributed by atoms with E-state index < -0.39 is 5.97 Å².